The van der Waals surface area contributed by atoms with E-state index in [2.05, 4.69) is 67.2 Å². The summed E-state index contributed by atoms with van der Waals surface area (Å²) in [6, 6.07) is 10.4. The van der Waals surface area contributed by atoms with Gasteiger partial charge in [-0.25, -0.2) is 9.97 Å². The molecule has 0 spiro atoms. The van der Waals surface area contributed by atoms with Crippen molar-refractivity contribution in [1.29, 1.82) is 0 Å². The van der Waals surface area contributed by atoms with E-state index in [4.69, 9.17) is 4.52 Å². The molecular weight excluding hydrogens is 352 g/mol. The molecule has 0 N–H and O–H groups in total. The van der Waals surface area contributed by atoms with Gasteiger partial charge in [-0.15, -0.1) is 0 Å². The lowest BCUT2D eigenvalue weighted by molar-refractivity contribution is 0.215. The standard InChI is InChI=1S/C21H26N6O/c1-4-17-5-7-18(8-6-17)21-24-20(28-25-21)14-26-9-11-27(12-10-26)19-13-15(2)22-16(3)23-19/h5-8,13H,4,9-12,14H2,1-3H3. The summed E-state index contributed by atoms with van der Waals surface area (Å²) in [4.78, 5) is 18.2. The molecule has 1 aliphatic heterocycles. The summed E-state index contributed by atoms with van der Waals surface area (Å²) in [7, 11) is 0. The second-order valence-corrected chi connectivity index (χ2v) is 7.24. The van der Waals surface area contributed by atoms with Crippen LogP contribution >= 0.6 is 0 Å². The van der Waals surface area contributed by atoms with E-state index in [0.29, 0.717) is 18.3 Å². The molecule has 28 heavy (non-hydrogen) atoms. The molecule has 0 radical (unpaired) electrons. The van der Waals surface area contributed by atoms with Crippen molar-refractivity contribution in [3.8, 4) is 11.4 Å². The summed E-state index contributed by atoms with van der Waals surface area (Å²) >= 11 is 0. The zero-order valence-electron chi connectivity index (χ0n) is 16.7. The summed E-state index contributed by atoms with van der Waals surface area (Å²) in [5.74, 6) is 3.16. The lowest BCUT2D eigenvalue weighted by Crippen LogP contribution is -2.46. The third-order valence-electron chi connectivity index (χ3n) is 5.10. The Morgan fingerprint density at radius 2 is 1.71 bits per heavy atom. The molecule has 7 nitrogen and oxygen atoms in total. The number of hydrogen-bond donors (Lipinski definition) is 0. The molecule has 0 unspecified atom stereocenters. The number of aromatic nitrogens is 4. The van der Waals surface area contributed by atoms with Gasteiger partial charge in [0.05, 0.1) is 6.54 Å². The van der Waals surface area contributed by atoms with Gasteiger partial charge in [0, 0.05) is 43.5 Å². The van der Waals surface area contributed by atoms with Crippen molar-refractivity contribution in [2.24, 2.45) is 0 Å². The van der Waals surface area contributed by atoms with Gasteiger partial charge in [-0.05, 0) is 25.8 Å². The van der Waals surface area contributed by atoms with Crippen molar-refractivity contribution in [2.45, 2.75) is 33.7 Å². The van der Waals surface area contributed by atoms with Crippen LogP contribution in [0, 0.1) is 13.8 Å². The fourth-order valence-corrected chi connectivity index (χ4v) is 3.51. The van der Waals surface area contributed by atoms with Gasteiger partial charge in [-0.2, -0.15) is 4.98 Å². The lowest BCUT2D eigenvalue weighted by Gasteiger charge is -2.34. The van der Waals surface area contributed by atoms with Crippen molar-refractivity contribution in [1.82, 2.24) is 25.0 Å². The number of aryl methyl sites for hydroxylation is 3. The largest absolute Gasteiger partial charge is 0.354 e. The molecule has 1 aliphatic rings. The van der Waals surface area contributed by atoms with Crippen LogP contribution in [0.25, 0.3) is 11.4 Å². The number of nitrogens with zero attached hydrogens (tertiary/aromatic N) is 6. The number of benzene rings is 1. The third kappa shape index (κ3) is 4.20. The fraction of sp³-hybridized carbons (Fsp3) is 0.429. The Kier molecular flexibility index (Phi) is 5.34. The Bertz CT molecular complexity index is 908. The summed E-state index contributed by atoms with van der Waals surface area (Å²) in [5, 5.41) is 4.15. The molecule has 0 saturated carbocycles. The molecule has 3 aromatic rings. The van der Waals surface area contributed by atoms with Crippen LogP contribution in [0.4, 0.5) is 5.82 Å². The Labute approximate surface area is 165 Å². The van der Waals surface area contributed by atoms with Gasteiger partial charge in [0.1, 0.15) is 11.6 Å². The summed E-state index contributed by atoms with van der Waals surface area (Å²) in [5.41, 5.74) is 3.31. The van der Waals surface area contributed by atoms with E-state index in [1.807, 2.05) is 13.8 Å². The van der Waals surface area contributed by atoms with Crippen LogP contribution in [0.1, 0.15) is 29.9 Å². The molecule has 0 bridgehead atoms. The Balaban J connectivity index is 1.35. The first-order valence-electron chi connectivity index (χ1n) is 9.82. The molecule has 1 aromatic carbocycles. The minimum Gasteiger partial charge on any atom is -0.354 e. The van der Waals surface area contributed by atoms with E-state index in [0.717, 1.165) is 55.5 Å². The van der Waals surface area contributed by atoms with Gasteiger partial charge < -0.3 is 9.42 Å². The molecule has 7 heteroatoms. The third-order valence-corrected chi connectivity index (χ3v) is 5.10. The molecule has 1 saturated heterocycles. The highest BCUT2D eigenvalue weighted by atomic mass is 16.5. The lowest BCUT2D eigenvalue weighted by atomic mass is 10.1. The monoisotopic (exact) mass is 378 g/mol. The van der Waals surface area contributed by atoms with E-state index in [1.54, 1.807) is 0 Å². The molecule has 4 rings (SSSR count). The second kappa shape index (κ2) is 8.06. The number of rotatable bonds is 5. The van der Waals surface area contributed by atoms with Crippen LogP contribution in [-0.2, 0) is 13.0 Å². The summed E-state index contributed by atoms with van der Waals surface area (Å²) in [6.07, 6.45) is 1.03. The highest BCUT2D eigenvalue weighted by Gasteiger charge is 2.21. The van der Waals surface area contributed by atoms with Crippen LogP contribution in [0.15, 0.2) is 34.9 Å². The van der Waals surface area contributed by atoms with E-state index in [1.165, 1.54) is 5.56 Å². The number of anilines is 1. The number of piperazine rings is 1. The quantitative estimate of drug-likeness (QED) is 0.676. The van der Waals surface area contributed by atoms with Crippen LogP contribution in [-0.4, -0.2) is 51.2 Å². The van der Waals surface area contributed by atoms with Crippen molar-refractivity contribution < 1.29 is 4.52 Å². The van der Waals surface area contributed by atoms with Gasteiger partial charge in [-0.1, -0.05) is 36.3 Å². The fourth-order valence-electron chi connectivity index (χ4n) is 3.51. The van der Waals surface area contributed by atoms with Gasteiger partial charge in [0.25, 0.3) is 0 Å². The van der Waals surface area contributed by atoms with Crippen LogP contribution in [0.3, 0.4) is 0 Å². The topological polar surface area (TPSA) is 71.2 Å². The molecule has 0 amide bonds. The van der Waals surface area contributed by atoms with Crippen molar-refractivity contribution in [3.63, 3.8) is 0 Å². The predicted molar refractivity (Wildman–Crippen MR) is 108 cm³/mol. The Hall–Kier alpha value is -2.80. The minimum absolute atomic E-state index is 0.656. The zero-order valence-corrected chi connectivity index (χ0v) is 16.7. The van der Waals surface area contributed by atoms with Crippen LogP contribution in [0.5, 0.6) is 0 Å². The predicted octanol–water partition coefficient (Wildman–Crippen LogP) is 3.03. The highest BCUT2D eigenvalue weighted by molar-refractivity contribution is 5.54. The molecule has 0 atom stereocenters. The average Bonchev–Trinajstić information content (AvgIpc) is 3.16. The van der Waals surface area contributed by atoms with Crippen molar-refractivity contribution >= 4 is 5.82 Å². The van der Waals surface area contributed by atoms with Crippen LogP contribution < -0.4 is 4.90 Å². The van der Waals surface area contributed by atoms with Gasteiger partial charge in [0.15, 0.2) is 0 Å². The minimum atomic E-state index is 0.656. The maximum absolute atomic E-state index is 5.48. The zero-order chi connectivity index (χ0) is 19.5. The molecule has 3 heterocycles. The summed E-state index contributed by atoms with van der Waals surface area (Å²) < 4.78 is 5.48. The molecule has 1 fully saturated rings. The molecule has 146 valence electrons. The number of hydrogen-bond acceptors (Lipinski definition) is 7. The molecular formula is C21H26N6O. The van der Waals surface area contributed by atoms with E-state index in [-0.39, 0.29) is 0 Å². The molecule has 2 aromatic heterocycles. The Morgan fingerprint density at radius 3 is 2.39 bits per heavy atom. The van der Waals surface area contributed by atoms with Gasteiger partial charge >= 0.3 is 0 Å². The van der Waals surface area contributed by atoms with Gasteiger partial charge in [0.2, 0.25) is 11.7 Å². The first-order valence-corrected chi connectivity index (χ1v) is 9.82. The highest BCUT2D eigenvalue weighted by Crippen LogP contribution is 2.19. The maximum atomic E-state index is 5.48. The van der Waals surface area contributed by atoms with Gasteiger partial charge in [-0.3, -0.25) is 4.90 Å². The van der Waals surface area contributed by atoms with Crippen molar-refractivity contribution in [2.75, 3.05) is 31.1 Å². The maximum Gasteiger partial charge on any atom is 0.241 e. The van der Waals surface area contributed by atoms with Crippen LogP contribution in [0.2, 0.25) is 0 Å². The first-order chi connectivity index (χ1) is 13.6. The molecule has 0 aliphatic carbocycles. The Morgan fingerprint density at radius 1 is 0.964 bits per heavy atom. The second-order valence-electron chi connectivity index (χ2n) is 7.24. The SMILES string of the molecule is CCc1ccc(-c2noc(CN3CCN(c4cc(C)nc(C)n4)CC3)n2)cc1. The average molecular weight is 378 g/mol. The van der Waals surface area contributed by atoms with E-state index < -0.39 is 0 Å². The smallest absolute Gasteiger partial charge is 0.241 e. The first kappa shape index (κ1) is 18.6. The van der Waals surface area contributed by atoms with E-state index >= 15 is 0 Å². The summed E-state index contributed by atoms with van der Waals surface area (Å²) in [6.45, 7) is 10.5. The van der Waals surface area contributed by atoms with Crippen molar-refractivity contribution in [3.05, 3.63) is 53.3 Å². The van der Waals surface area contributed by atoms with E-state index in [9.17, 15) is 0 Å². The normalized spacial score (nSPS) is 15.2.